The highest BCUT2D eigenvalue weighted by Gasteiger charge is 2.28. The van der Waals surface area contributed by atoms with Crippen LogP contribution >= 0.6 is 0 Å². The van der Waals surface area contributed by atoms with Crippen LogP contribution in [0.4, 0.5) is 0 Å². The number of nitrogens with zero attached hydrogens (tertiary/aromatic N) is 1. The molecule has 0 N–H and O–H groups in total. The average Bonchev–Trinajstić information content (AvgIpc) is 2.52. The molecule has 1 aliphatic rings. The Labute approximate surface area is 115 Å². The number of carbonyl (C=O) groups excluding carboxylic acids is 2. The van der Waals surface area contributed by atoms with Gasteiger partial charge in [-0.1, -0.05) is 19.6 Å². The van der Waals surface area contributed by atoms with Gasteiger partial charge < -0.3 is 9.64 Å². The van der Waals surface area contributed by atoms with Crippen molar-refractivity contribution in [1.82, 2.24) is 4.90 Å². The smallest absolute Gasteiger partial charge is 0.333 e. The van der Waals surface area contributed by atoms with Crippen LogP contribution < -0.4 is 0 Å². The summed E-state index contributed by atoms with van der Waals surface area (Å²) < 4.78 is 5.24. The van der Waals surface area contributed by atoms with Gasteiger partial charge in [0.25, 0.3) is 0 Å². The topological polar surface area (TPSA) is 46.6 Å². The molecule has 1 heterocycles. The number of rotatable bonds is 5. The van der Waals surface area contributed by atoms with E-state index in [0.29, 0.717) is 12.0 Å². The minimum atomic E-state index is -0.394. The van der Waals surface area contributed by atoms with Gasteiger partial charge in [0.1, 0.15) is 6.10 Å². The molecule has 1 amide bonds. The number of hydrogen-bond donors (Lipinski definition) is 0. The van der Waals surface area contributed by atoms with E-state index in [4.69, 9.17) is 4.74 Å². The summed E-state index contributed by atoms with van der Waals surface area (Å²) in [5.74, 6) is -0.395. The van der Waals surface area contributed by atoms with Crippen molar-refractivity contribution in [3.63, 3.8) is 0 Å². The van der Waals surface area contributed by atoms with Crippen molar-refractivity contribution in [3.8, 4) is 0 Å². The normalized spacial score (nSPS) is 21.5. The van der Waals surface area contributed by atoms with Crippen molar-refractivity contribution in [2.24, 2.45) is 5.92 Å². The number of esters is 1. The summed E-state index contributed by atoms with van der Waals surface area (Å²) in [4.78, 5) is 25.3. The number of amides is 1. The second-order valence-corrected chi connectivity index (χ2v) is 5.14. The number of likely N-dealkylation sites (tertiary alicyclic amines) is 1. The van der Waals surface area contributed by atoms with Crippen molar-refractivity contribution in [3.05, 3.63) is 24.9 Å². The quantitative estimate of drug-likeness (QED) is 0.567. The Morgan fingerprint density at radius 1 is 1.58 bits per heavy atom. The molecule has 0 aromatic rings. The minimum absolute atomic E-state index is 0.0886. The van der Waals surface area contributed by atoms with E-state index >= 15 is 0 Å². The molecule has 0 spiro atoms. The Bertz CT molecular complexity index is 376. The minimum Gasteiger partial charge on any atom is -0.459 e. The predicted molar refractivity (Wildman–Crippen MR) is 74.2 cm³/mol. The summed E-state index contributed by atoms with van der Waals surface area (Å²) in [6, 6.07) is 0. The zero-order valence-corrected chi connectivity index (χ0v) is 11.9. The van der Waals surface area contributed by atoms with Crippen LogP contribution in [0.25, 0.3) is 0 Å². The lowest BCUT2D eigenvalue weighted by Gasteiger charge is -2.23. The van der Waals surface area contributed by atoms with Crippen molar-refractivity contribution in [2.75, 3.05) is 6.54 Å². The molecule has 0 radical (unpaired) electrons. The SMILES string of the molecule is C=CN1CCCCC(CC(C)OC(=O)C(=C)C)C1=O. The lowest BCUT2D eigenvalue weighted by molar-refractivity contribution is -0.146. The lowest BCUT2D eigenvalue weighted by Crippen LogP contribution is -2.32. The Kier molecular flexibility index (Phi) is 5.80. The van der Waals surface area contributed by atoms with Gasteiger partial charge in [0.05, 0.1) is 0 Å². The first-order valence-corrected chi connectivity index (χ1v) is 6.75. The van der Waals surface area contributed by atoms with Crippen LogP contribution in [0.15, 0.2) is 24.9 Å². The van der Waals surface area contributed by atoms with Crippen LogP contribution in [0.2, 0.25) is 0 Å². The Morgan fingerprint density at radius 3 is 2.84 bits per heavy atom. The van der Waals surface area contributed by atoms with E-state index in [1.54, 1.807) is 18.0 Å². The standard InChI is InChI=1S/C15H23NO3/c1-5-16-9-7-6-8-13(14(16)17)10-12(4)19-15(18)11(2)3/h5,12-13H,1-2,6-10H2,3-4H3. The van der Waals surface area contributed by atoms with Crippen LogP contribution in [0.1, 0.15) is 39.5 Å². The second kappa shape index (κ2) is 7.12. The summed E-state index contributed by atoms with van der Waals surface area (Å²) in [5, 5.41) is 0. The fourth-order valence-electron chi connectivity index (χ4n) is 2.27. The van der Waals surface area contributed by atoms with Crippen molar-refractivity contribution < 1.29 is 14.3 Å². The zero-order valence-electron chi connectivity index (χ0n) is 11.9. The predicted octanol–water partition coefficient (Wildman–Crippen LogP) is 2.66. The van der Waals surface area contributed by atoms with Crippen LogP contribution in [0, 0.1) is 5.92 Å². The van der Waals surface area contributed by atoms with Crippen LogP contribution in [-0.2, 0) is 14.3 Å². The maximum absolute atomic E-state index is 12.2. The van der Waals surface area contributed by atoms with Crippen molar-refractivity contribution >= 4 is 11.9 Å². The van der Waals surface area contributed by atoms with Gasteiger partial charge in [0.2, 0.25) is 5.91 Å². The summed E-state index contributed by atoms with van der Waals surface area (Å²) >= 11 is 0. The highest BCUT2D eigenvalue weighted by atomic mass is 16.5. The van der Waals surface area contributed by atoms with Crippen LogP contribution in [0.5, 0.6) is 0 Å². The Balaban J connectivity index is 2.58. The van der Waals surface area contributed by atoms with E-state index in [-0.39, 0.29) is 17.9 Å². The van der Waals surface area contributed by atoms with Gasteiger partial charge in [-0.15, -0.1) is 0 Å². The lowest BCUT2D eigenvalue weighted by atomic mass is 9.96. The molecule has 4 nitrogen and oxygen atoms in total. The van der Waals surface area contributed by atoms with Crippen LogP contribution in [0.3, 0.4) is 0 Å². The molecule has 4 heteroatoms. The van der Waals surface area contributed by atoms with Gasteiger partial charge in [0.15, 0.2) is 0 Å². The molecule has 19 heavy (non-hydrogen) atoms. The summed E-state index contributed by atoms with van der Waals surface area (Å²) in [5.41, 5.74) is 0.381. The van der Waals surface area contributed by atoms with Crippen molar-refractivity contribution in [1.29, 1.82) is 0 Å². The maximum atomic E-state index is 12.2. The van der Waals surface area contributed by atoms with Gasteiger partial charge in [-0.3, -0.25) is 4.79 Å². The molecule has 0 aliphatic carbocycles. The summed E-state index contributed by atoms with van der Waals surface area (Å²) in [7, 11) is 0. The van der Waals surface area contributed by atoms with Gasteiger partial charge in [-0.25, -0.2) is 4.79 Å². The van der Waals surface area contributed by atoms with E-state index < -0.39 is 5.97 Å². The molecule has 0 aromatic carbocycles. The monoisotopic (exact) mass is 265 g/mol. The molecular formula is C15H23NO3. The molecule has 0 aromatic heterocycles. The average molecular weight is 265 g/mol. The Morgan fingerprint density at radius 2 is 2.26 bits per heavy atom. The van der Waals surface area contributed by atoms with E-state index in [2.05, 4.69) is 13.2 Å². The third kappa shape index (κ3) is 4.54. The first kappa shape index (κ1) is 15.5. The molecule has 106 valence electrons. The Hall–Kier alpha value is -1.58. The van der Waals surface area contributed by atoms with Gasteiger partial charge in [-0.05, 0) is 39.3 Å². The molecule has 1 saturated heterocycles. The third-order valence-corrected chi connectivity index (χ3v) is 3.33. The number of carbonyl (C=O) groups is 2. The van der Waals surface area contributed by atoms with E-state index in [9.17, 15) is 9.59 Å². The molecule has 0 bridgehead atoms. The first-order valence-electron chi connectivity index (χ1n) is 6.75. The number of hydrogen-bond acceptors (Lipinski definition) is 3. The van der Waals surface area contributed by atoms with E-state index in [0.717, 1.165) is 25.8 Å². The second-order valence-electron chi connectivity index (χ2n) is 5.14. The molecule has 1 rings (SSSR count). The van der Waals surface area contributed by atoms with Gasteiger partial charge >= 0.3 is 5.97 Å². The zero-order chi connectivity index (χ0) is 14.4. The highest BCUT2D eigenvalue weighted by molar-refractivity contribution is 5.87. The first-order chi connectivity index (χ1) is 8.95. The molecule has 1 aliphatic heterocycles. The summed E-state index contributed by atoms with van der Waals surface area (Å²) in [6.07, 6.45) is 4.73. The van der Waals surface area contributed by atoms with Gasteiger partial charge in [0, 0.05) is 18.0 Å². The van der Waals surface area contributed by atoms with Crippen molar-refractivity contribution in [2.45, 2.75) is 45.6 Å². The molecule has 2 atom stereocenters. The third-order valence-electron chi connectivity index (χ3n) is 3.33. The fraction of sp³-hybridized carbons (Fsp3) is 0.600. The van der Waals surface area contributed by atoms with E-state index in [1.165, 1.54) is 0 Å². The van der Waals surface area contributed by atoms with Crippen LogP contribution in [-0.4, -0.2) is 29.4 Å². The summed E-state index contributed by atoms with van der Waals surface area (Å²) in [6.45, 7) is 11.4. The molecule has 2 unspecified atom stereocenters. The largest absolute Gasteiger partial charge is 0.459 e. The van der Waals surface area contributed by atoms with Gasteiger partial charge in [-0.2, -0.15) is 0 Å². The molecule has 1 fully saturated rings. The highest BCUT2D eigenvalue weighted by Crippen LogP contribution is 2.23. The molecular weight excluding hydrogens is 242 g/mol. The molecule has 0 saturated carbocycles. The fourth-order valence-corrected chi connectivity index (χ4v) is 2.27. The number of ether oxygens (including phenoxy) is 1. The van der Waals surface area contributed by atoms with E-state index in [1.807, 2.05) is 6.92 Å². The maximum Gasteiger partial charge on any atom is 0.333 e.